The van der Waals surface area contributed by atoms with E-state index in [-0.39, 0.29) is 11.6 Å². The Labute approximate surface area is 171 Å². The molecule has 1 unspecified atom stereocenters. The first kappa shape index (κ1) is 20.1. The van der Waals surface area contributed by atoms with Crippen LogP contribution in [-0.2, 0) is 6.54 Å². The second-order valence-electron chi connectivity index (χ2n) is 8.00. The highest BCUT2D eigenvalue weighted by Crippen LogP contribution is 2.24. The van der Waals surface area contributed by atoms with Gasteiger partial charge in [-0.3, -0.25) is 9.80 Å². The summed E-state index contributed by atoms with van der Waals surface area (Å²) in [5.41, 5.74) is 2.19. The normalized spacial score (nSPS) is 21.3. The van der Waals surface area contributed by atoms with Gasteiger partial charge in [0.25, 0.3) is 0 Å². The van der Waals surface area contributed by atoms with Crippen molar-refractivity contribution in [3.05, 3.63) is 59.7 Å². The molecule has 0 saturated carbocycles. The molecule has 2 aliphatic rings. The SMILES string of the molecule is COc1cc(CN2CCCC(N3CCN(c4ccc(F)cc4)CC3)C2)ccc1F. The Morgan fingerprint density at radius 2 is 1.72 bits per heavy atom. The van der Waals surface area contributed by atoms with E-state index in [9.17, 15) is 8.78 Å². The summed E-state index contributed by atoms with van der Waals surface area (Å²) < 4.78 is 31.9. The molecule has 0 amide bonds. The van der Waals surface area contributed by atoms with Crippen molar-refractivity contribution in [2.45, 2.75) is 25.4 Å². The number of hydrogen-bond acceptors (Lipinski definition) is 4. The third-order valence-corrected chi connectivity index (χ3v) is 6.12. The molecule has 4 nitrogen and oxygen atoms in total. The van der Waals surface area contributed by atoms with E-state index in [2.05, 4.69) is 14.7 Å². The maximum absolute atomic E-state index is 13.7. The van der Waals surface area contributed by atoms with Gasteiger partial charge in [-0.1, -0.05) is 6.07 Å². The highest BCUT2D eigenvalue weighted by Gasteiger charge is 2.28. The minimum atomic E-state index is -0.313. The van der Waals surface area contributed by atoms with Crippen molar-refractivity contribution in [3.63, 3.8) is 0 Å². The van der Waals surface area contributed by atoms with E-state index < -0.39 is 0 Å². The maximum atomic E-state index is 13.7. The molecule has 0 aliphatic carbocycles. The first-order chi connectivity index (χ1) is 14.1. The number of piperidine rings is 1. The molecular weight excluding hydrogens is 372 g/mol. The van der Waals surface area contributed by atoms with Gasteiger partial charge in [0, 0.05) is 51.0 Å². The van der Waals surface area contributed by atoms with Crippen LogP contribution in [0, 0.1) is 11.6 Å². The average molecular weight is 402 g/mol. The lowest BCUT2D eigenvalue weighted by atomic mass is 10.0. The quantitative estimate of drug-likeness (QED) is 0.759. The lowest BCUT2D eigenvalue weighted by Crippen LogP contribution is -2.55. The maximum Gasteiger partial charge on any atom is 0.165 e. The van der Waals surface area contributed by atoms with E-state index in [1.807, 2.05) is 18.2 Å². The highest BCUT2D eigenvalue weighted by molar-refractivity contribution is 5.46. The van der Waals surface area contributed by atoms with Crippen LogP contribution in [0.5, 0.6) is 5.75 Å². The largest absolute Gasteiger partial charge is 0.494 e. The molecule has 0 radical (unpaired) electrons. The fraction of sp³-hybridized carbons (Fsp3) is 0.478. The average Bonchev–Trinajstić information content (AvgIpc) is 2.76. The number of hydrogen-bond donors (Lipinski definition) is 0. The monoisotopic (exact) mass is 401 g/mol. The fourth-order valence-corrected chi connectivity index (χ4v) is 4.53. The van der Waals surface area contributed by atoms with Crippen molar-refractivity contribution in [3.8, 4) is 5.75 Å². The van der Waals surface area contributed by atoms with Crippen LogP contribution in [0.2, 0.25) is 0 Å². The zero-order valence-electron chi connectivity index (χ0n) is 17.0. The standard InChI is InChI=1S/C23H29F2N3O/c1-29-23-15-18(4-9-22(23)25)16-26-10-2-3-21(17-26)28-13-11-27(12-14-28)20-7-5-19(24)6-8-20/h4-9,15,21H,2-3,10-14,16-17H2,1H3. The van der Waals surface area contributed by atoms with E-state index in [0.29, 0.717) is 11.8 Å². The number of piperazine rings is 1. The second kappa shape index (κ2) is 9.09. The van der Waals surface area contributed by atoms with Crippen molar-refractivity contribution in [2.75, 3.05) is 51.3 Å². The molecule has 2 aliphatic heterocycles. The Morgan fingerprint density at radius 3 is 2.45 bits per heavy atom. The highest BCUT2D eigenvalue weighted by atomic mass is 19.1. The summed E-state index contributed by atoms with van der Waals surface area (Å²) >= 11 is 0. The van der Waals surface area contributed by atoms with Gasteiger partial charge >= 0.3 is 0 Å². The van der Waals surface area contributed by atoms with E-state index in [0.717, 1.165) is 57.1 Å². The molecule has 4 rings (SSSR count). The number of rotatable bonds is 5. The second-order valence-corrected chi connectivity index (χ2v) is 8.00. The predicted molar refractivity (Wildman–Crippen MR) is 111 cm³/mol. The number of halogens is 2. The third-order valence-electron chi connectivity index (χ3n) is 6.12. The van der Waals surface area contributed by atoms with Crippen LogP contribution < -0.4 is 9.64 Å². The van der Waals surface area contributed by atoms with E-state index >= 15 is 0 Å². The van der Waals surface area contributed by atoms with Crippen LogP contribution in [-0.4, -0.2) is 62.2 Å². The lowest BCUT2D eigenvalue weighted by Gasteiger charge is -2.44. The van der Waals surface area contributed by atoms with Gasteiger partial charge in [-0.05, 0) is 61.3 Å². The van der Waals surface area contributed by atoms with Crippen LogP contribution in [0.3, 0.4) is 0 Å². The van der Waals surface area contributed by atoms with Gasteiger partial charge in [0.15, 0.2) is 11.6 Å². The zero-order chi connectivity index (χ0) is 20.2. The molecule has 0 bridgehead atoms. The molecule has 29 heavy (non-hydrogen) atoms. The molecule has 2 aromatic rings. The number of anilines is 1. The molecule has 1 atom stereocenters. The molecule has 0 aromatic heterocycles. The molecule has 2 fully saturated rings. The summed E-state index contributed by atoms with van der Waals surface area (Å²) in [7, 11) is 1.50. The molecule has 0 spiro atoms. The number of likely N-dealkylation sites (tertiary alicyclic amines) is 1. The number of nitrogens with zero attached hydrogens (tertiary/aromatic N) is 3. The third kappa shape index (κ3) is 4.87. The van der Waals surface area contributed by atoms with Gasteiger partial charge in [0.1, 0.15) is 5.82 Å². The minimum Gasteiger partial charge on any atom is -0.494 e. The summed E-state index contributed by atoms with van der Waals surface area (Å²) in [4.78, 5) is 7.39. The molecule has 2 saturated heterocycles. The molecule has 0 N–H and O–H groups in total. The van der Waals surface area contributed by atoms with Crippen LogP contribution in [0.4, 0.5) is 14.5 Å². The van der Waals surface area contributed by atoms with Gasteiger partial charge in [0.05, 0.1) is 7.11 Å². The molecular formula is C23H29F2N3O. The van der Waals surface area contributed by atoms with Gasteiger partial charge in [0.2, 0.25) is 0 Å². The minimum absolute atomic E-state index is 0.187. The van der Waals surface area contributed by atoms with Crippen LogP contribution >= 0.6 is 0 Å². The summed E-state index contributed by atoms with van der Waals surface area (Å²) in [5.74, 6) is -0.187. The summed E-state index contributed by atoms with van der Waals surface area (Å²) in [6, 6.07) is 12.5. The van der Waals surface area contributed by atoms with Crippen molar-refractivity contribution >= 4 is 5.69 Å². The molecule has 156 valence electrons. The van der Waals surface area contributed by atoms with Crippen molar-refractivity contribution < 1.29 is 13.5 Å². The van der Waals surface area contributed by atoms with Crippen molar-refractivity contribution in [2.24, 2.45) is 0 Å². The Bertz CT molecular complexity index is 806. The van der Waals surface area contributed by atoms with Crippen LogP contribution in [0.15, 0.2) is 42.5 Å². The van der Waals surface area contributed by atoms with Crippen LogP contribution in [0.1, 0.15) is 18.4 Å². The fourth-order valence-electron chi connectivity index (χ4n) is 4.53. The van der Waals surface area contributed by atoms with Crippen LogP contribution in [0.25, 0.3) is 0 Å². The molecule has 2 aromatic carbocycles. The van der Waals surface area contributed by atoms with Gasteiger partial charge in [-0.15, -0.1) is 0 Å². The Kier molecular flexibility index (Phi) is 6.31. The molecule has 6 heteroatoms. The molecule has 2 heterocycles. The summed E-state index contributed by atoms with van der Waals surface area (Å²) in [6.45, 7) is 6.93. The van der Waals surface area contributed by atoms with Crippen molar-refractivity contribution in [1.82, 2.24) is 9.80 Å². The Balaban J connectivity index is 1.31. The lowest BCUT2D eigenvalue weighted by molar-refractivity contribution is 0.0887. The van der Waals surface area contributed by atoms with E-state index in [1.54, 1.807) is 6.07 Å². The first-order valence-corrected chi connectivity index (χ1v) is 10.4. The predicted octanol–water partition coefficient (Wildman–Crippen LogP) is 3.76. The smallest absolute Gasteiger partial charge is 0.165 e. The van der Waals surface area contributed by atoms with Gasteiger partial charge < -0.3 is 9.64 Å². The first-order valence-electron chi connectivity index (χ1n) is 10.4. The number of benzene rings is 2. The Hall–Kier alpha value is -2.18. The van der Waals surface area contributed by atoms with E-state index in [4.69, 9.17) is 4.74 Å². The van der Waals surface area contributed by atoms with E-state index in [1.165, 1.54) is 38.2 Å². The summed E-state index contributed by atoms with van der Waals surface area (Å²) in [6.07, 6.45) is 2.40. The topological polar surface area (TPSA) is 19.0 Å². The van der Waals surface area contributed by atoms with Gasteiger partial charge in [-0.25, -0.2) is 8.78 Å². The van der Waals surface area contributed by atoms with Crippen molar-refractivity contribution in [1.29, 1.82) is 0 Å². The number of ether oxygens (including phenoxy) is 1. The number of methoxy groups -OCH3 is 1. The Morgan fingerprint density at radius 1 is 0.966 bits per heavy atom. The van der Waals surface area contributed by atoms with Gasteiger partial charge in [-0.2, -0.15) is 0 Å². The zero-order valence-corrected chi connectivity index (χ0v) is 17.0. The summed E-state index contributed by atoms with van der Waals surface area (Å²) in [5, 5.41) is 0.